The third kappa shape index (κ3) is 2.95. The van der Waals surface area contributed by atoms with Crippen LogP contribution in [-0.4, -0.2) is 24.9 Å². The van der Waals surface area contributed by atoms with Gasteiger partial charge in [-0.2, -0.15) is 0 Å². The summed E-state index contributed by atoms with van der Waals surface area (Å²) in [7, 11) is 1.36. The number of hydrogen-bond donors (Lipinski definition) is 0. The van der Waals surface area contributed by atoms with Crippen LogP contribution in [0.3, 0.4) is 0 Å². The van der Waals surface area contributed by atoms with Crippen molar-refractivity contribution in [1.29, 1.82) is 0 Å². The first-order valence-electron chi connectivity index (χ1n) is 7.14. The lowest BCUT2D eigenvalue weighted by atomic mass is 10.2. The van der Waals surface area contributed by atoms with Gasteiger partial charge < -0.3 is 0 Å². The number of carbonyl (C=O) groups is 1. The number of aromatic nitrogens is 4. The molecule has 0 aromatic carbocycles. The molecule has 0 unspecified atom stereocenters. The molecule has 3 aromatic heterocycles. The molecule has 0 saturated heterocycles. The third-order valence-electron chi connectivity index (χ3n) is 3.50. The van der Waals surface area contributed by atoms with Gasteiger partial charge in [-0.15, -0.1) is 11.3 Å². The van der Waals surface area contributed by atoms with E-state index in [2.05, 4.69) is 9.97 Å². The van der Waals surface area contributed by atoms with Crippen LogP contribution in [0.5, 0.6) is 0 Å². The number of Topliss-reactive ketones (excluding diaryl/α,β-unsaturated/α-hetero) is 1. The van der Waals surface area contributed by atoms with E-state index in [1.54, 1.807) is 6.20 Å². The van der Waals surface area contributed by atoms with Gasteiger partial charge in [0, 0.05) is 24.8 Å². The average Bonchev–Trinajstić information content (AvgIpc) is 3.04. The van der Waals surface area contributed by atoms with Crippen LogP contribution in [-0.2, 0) is 13.6 Å². The molecule has 0 N–H and O–H groups in total. The van der Waals surface area contributed by atoms with Gasteiger partial charge in [-0.25, -0.2) is 9.78 Å². The molecule has 0 spiro atoms. The van der Waals surface area contributed by atoms with Crippen molar-refractivity contribution in [1.82, 2.24) is 19.1 Å². The number of pyridine rings is 1. The Morgan fingerprint density at radius 1 is 1.29 bits per heavy atom. The van der Waals surface area contributed by atoms with Crippen LogP contribution in [0.1, 0.15) is 23.0 Å². The first kappa shape index (κ1) is 16.0. The lowest BCUT2D eigenvalue weighted by molar-refractivity contribution is 0.101. The molecule has 3 aromatic rings. The average molecular weight is 342 g/mol. The number of hydrogen-bond acceptors (Lipinski definition) is 6. The second kappa shape index (κ2) is 6.32. The molecule has 122 valence electrons. The number of carbonyl (C=O) groups excluding carboxylic acids is 1. The monoisotopic (exact) mass is 342 g/mol. The molecular weight excluding hydrogens is 328 g/mol. The number of rotatable bonds is 4. The standard InChI is InChI=1S/C16H14N4O3S/c1-10(21)12-8-20(16(23)19(2)15(12)22)7-11-9-24-14(18-11)13-5-3-4-6-17-13/h3-6,8-9H,7H2,1-2H3. The van der Waals surface area contributed by atoms with Gasteiger partial charge in [0.1, 0.15) is 5.01 Å². The first-order valence-corrected chi connectivity index (χ1v) is 8.02. The Hall–Kier alpha value is -2.87. The number of nitrogens with zero attached hydrogens (tertiary/aromatic N) is 4. The van der Waals surface area contributed by atoms with E-state index in [-0.39, 0.29) is 17.9 Å². The van der Waals surface area contributed by atoms with Crippen LogP contribution >= 0.6 is 11.3 Å². The Morgan fingerprint density at radius 3 is 2.75 bits per heavy atom. The predicted octanol–water partition coefficient (Wildman–Crippen LogP) is 1.32. The lowest BCUT2D eigenvalue weighted by Crippen LogP contribution is -2.40. The van der Waals surface area contributed by atoms with Gasteiger partial charge in [0.15, 0.2) is 5.78 Å². The second-order valence-electron chi connectivity index (χ2n) is 5.23. The van der Waals surface area contributed by atoms with Gasteiger partial charge in [0.05, 0.1) is 23.5 Å². The molecule has 0 bridgehead atoms. The van der Waals surface area contributed by atoms with Gasteiger partial charge >= 0.3 is 5.69 Å². The molecule has 3 rings (SSSR count). The highest BCUT2D eigenvalue weighted by Crippen LogP contribution is 2.21. The zero-order valence-electron chi connectivity index (χ0n) is 13.1. The topological polar surface area (TPSA) is 86.8 Å². The molecule has 0 aliphatic rings. The highest BCUT2D eigenvalue weighted by Gasteiger charge is 2.13. The molecule has 0 amide bonds. The summed E-state index contributed by atoms with van der Waals surface area (Å²) >= 11 is 1.42. The molecule has 0 atom stereocenters. The summed E-state index contributed by atoms with van der Waals surface area (Å²) < 4.78 is 2.25. The highest BCUT2D eigenvalue weighted by molar-refractivity contribution is 7.13. The van der Waals surface area contributed by atoms with E-state index in [9.17, 15) is 14.4 Å². The zero-order chi connectivity index (χ0) is 17.3. The maximum atomic E-state index is 12.2. The van der Waals surface area contributed by atoms with Gasteiger partial charge in [0.25, 0.3) is 5.56 Å². The Morgan fingerprint density at radius 2 is 2.08 bits per heavy atom. The van der Waals surface area contributed by atoms with E-state index in [1.165, 1.54) is 36.1 Å². The van der Waals surface area contributed by atoms with E-state index in [4.69, 9.17) is 0 Å². The molecule has 0 radical (unpaired) electrons. The van der Waals surface area contributed by atoms with Crippen LogP contribution in [0.25, 0.3) is 10.7 Å². The molecular formula is C16H14N4O3S. The van der Waals surface area contributed by atoms with Crippen molar-refractivity contribution < 1.29 is 4.79 Å². The largest absolute Gasteiger partial charge is 0.331 e. The van der Waals surface area contributed by atoms with Gasteiger partial charge in [-0.1, -0.05) is 6.07 Å². The minimum atomic E-state index is -0.587. The summed E-state index contributed by atoms with van der Waals surface area (Å²) in [5.74, 6) is -0.378. The minimum absolute atomic E-state index is 0.0164. The third-order valence-corrected chi connectivity index (χ3v) is 4.41. The van der Waals surface area contributed by atoms with E-state index in [0.29, 0.717) is 5.69 Å². The fraction of sp³-hybridized carbons (Fsp3) is 0.188. The SMILES string of the molecule is CC(=O)c1cn(Cc2csc(-c3ccccn3)n2)c(=O)n(C)c1=O. The Bertz CT molecular complexity index is 1020. The molecule has 0 aliphatic heterocycles. The van der Waals surface area contributed by atoms with Gasteiger partial charge in [-0.3, -0.25) is 23.7 Å². The van der Waals surface area contributed by atoms with Crippen molar-refractivity contribution in [2.45, 2.75) is 13.5 Å². The summed E-state index contributed by atoms with van der Waals surface area (Å²) in [6.07, 6.45) is 2.99. The quantitative estimate of drug-likeness (QED) is 0.667. The van der Waals surface area contributed by atoms with Crippen LogP contribution in [0.4, 0.5) is 0 Å². The molecule has 7 nitrogen and oxygen atoms in total. The maximum Gasteiger partial charge on any atom is 0.331 e. The van der Waals surface area contributed by atoms with E-state index >= 15 is 0 Å². The molecule has 0 fully saturated rings. The normalized spacial score (nSPS) is 10.8. The fourth-order valence-electron chi connectivity index (χ4n) is 2.24. The Labute approximate surface area is 140 Å². The van der Waals surface area contributed by atoms with Crippen LogP contribution < -0.4 is 11.2 Å². The molecule has 8 heteroatoms. The maximum absolute atomic E-state index is 12.2. The van der Waals surface area contributed by atoms with Gasteiger partial charge in [0.2, 0.25) is 0 Å². The smallest absolute Gasteiger partial charge is 0.294 e. The van der Waals surface area contributed by atoms with E-state index in [0.717, 1.165) is 15.3 Å². The van der Waals surface area contributed by atoms with Crippen LogP contribution in [0, 0.1) is 0 Å². The lowest BCUT2D eigenvalue weighted by Gasteiger charge is -2.07. The summed E-state index contributed by atoms with van der Waals surface area (Å²) in [6, 6.07) is 5.56. The van der Waals surface area contributed by atoms with Gasteiger partial charge in [-0.05, 0) is 19.1 Å². The molecule has 0 aliphatic carbocycles. The molecule has 3 heterocycles. The fourth-order valence-corrected chi connectivity index (χ4v) is 3.03. The van der Waals surface area contributed by atoms with Crippen molar-refractivity contribution in [3.05, 3.63) is 68.1 Å². The van der Waals surface area contributed by atoms with Crippen LogP contribution in [0.15, 0.2) is 45.6 Å². The zero-order valence-corrected chi connectivity index (χ0v) is 13.9. The van der Waals surface area contributed by atoms with E-state index in [1.807, 2.05) is 23.6 Å². The van der Waals surface area contributed by atoms with Crippen molar-refractivity contribution >= 4 is 17.1 Å². The Kier molecular flexibility index (Phi) is 4.22. The predicted molar refractivity (Wildman–Crippen MR) is 90.4 cm³/mol. The minimum Gasteiger partial charge on any atom is -0.294 e. The van der Waals surface area contributed by atoms with Crippen LogP contribution in [0.2, 0.25) is 0 Å². The highest BCUT2D eigenvalue weighted by atomic mass is 32.1. The van der Waals surface area contributed by atoms with Crippen molar-refractivity contribution in [2.24, 2.45) is 7.05 Å². The summed E-state index contributed by atoms with van der Waals surface area (Å²) in [5.41, 5.74) is 0.327. The summed E-state index contributed by atoms with van der Waals surface area (Å²) in [4.78, 5) is 44.4. The molecule has 24 heavy (non-hydrogen) atoms. The number of thiazole rings is 1. The van der Waals surface area contributed by atoms with Crippen molar-refractivity contribution in [2.75, 3.05) is 0 Å². The summed E-state index contributed by atoms with van der Waals surface area (Å²) in [5, 5.41) is 2.57. The first-order chi connectivity index (χ1) is 11.5. The number of ketones is 1. The summed E-state index contributed by atoms with van der Waals surface area (Å²) in [6.45, 7) is 1.48. The van der Waals surface area contributed by atoms with Crippen molar-refractivity contribution in [3.63, 3.8) is 0 Å². The second-order valence-corrected chi connectivity index (χ2v) is 6.09. The van der Waals surface area contributed by atoms with E-state index < -0.39 is 11.2 Å². The Balaban J connectivity index is 1.98. The molecule has 0 saturated carbocycles. The van der Waals surface area contributed by atoms with Crippen molar-refractivity contribution in [3.8, 4) is 10.7 Å².